The molecular weight excluding hydrogens is 721 g/mol. The summed E-state index contributed by atoms with van der Waals surface area (Å²) in [5.74, 6) is 2.11. The molecule has 0 atom stereocenters. The molecule has 0 fully saturated rings. The van der Waals surface area contributed by atoms with Gasteiger partial charge in [0.15, 0.2) is 11.7 Å². The number of rotatable bonds is 9. The maximum absolute atomic E-state index is 8.86. The predicted molar refractivity (Wildman–Crippen MR) is 245 cm³/mol. The highest BCUT2D eigenvalue weighted by Gasteiger charge is 2.26. The van der Waals surface area contributed by atoms with Gasteiger partial charge in [-0.25, -0.2) is 9.98 Å². The van der Waals surface area contributed by atoms with E-state index in [2.05, 4.69) is 103 Å². The Hall–Kier alpha value is -7.89. The van der Waals surface area contributed by atoms with E-state index >= 15 is 0 Å². The molecule has 0 unspecified atom stereocenters. The maximum Gasteiger partial charge on any atom is 0.161 e. The van der Waals surface area contributed by atoms with Crippen molar-refractivity contribution in [1.29, 1.82) is 5.41 Å². The minimum Gasteiger partial charge on any atom is -0.455 e. The Morgan fingerprint density at radius 2 is 1.15 bits per heavy atom. The molecule has 3 N–H and O–H groups in total. The summed E-state index contributed by atoms with van der Waals surface area (Å²) in [5.41, 5.74) is 18.0. The molecule has 0 spiro atoms. The number of amidine groups is 2. The number of nitrogens with two attached hydrogens (primary N) is 1. The number of nitrogens with one attached hydrogen (secondary N) is 1. The number of nitrogens with zero attached hydrogens (tertiary/aromatic N) is 2. The SMILES string of the molecule is N=C(N=C(N=Cc1ccc(-c2oc(-c3ccccc3N)c(Cc3ccccc3)c2-c2cccc3ccccc23)cc1)c1cccc(-c2ccccc2)c1)c1ccccc1. The molecule has 0 aliphatic rings. The number of furan rings is 1. The summed E-state index contributed by atoms with van der Waals surface area (Å²) in [6, 6.07) is 69.5. The van der Waals surface area contributed by atoms with E-state index in [1.165, 1.54) is 5.56 Å². The van der Waals surface area contributed by atoms with E-state index in [9.17, 15) is 0 Å². The van der Waals surface area contributed by atoms with Crippen molar-refractivity contribution in [3.63, 3.8) is 0 Å². The second-order valence-corrected chi connectivity index (χ2v) is 14.4. The fourth-order valence-electron chi connectivity index (χ4n) is 7.55. The number of benzene rings is 8. The van der Waals surface area contributed by atoms with Gasteiger partial charge in [0.05, 0.1) is 0 Å². The molecule has 0 radical (unpaired) electrons. The van der Waals surface area contributed by atoms with Gasteiger partial charge in [0.1, 0.15) is 11.5 Å². The van der Waals surface area contributed by atoms with Gasteiger partial charge in [0.25, 0.3) is 0 Å². The third kappa shape index (κ3) is 7.91. The van der Waals surface area contributed by atoms with Gasteiger partial charge in [0.2, 0.25) is 0 Å². The lowest BCUT2D eigenvalue weighted by atomic mass is 9.89. The van der Waals surface area contributed by atoms with Crippen molar-refractivity contribution in [3.8, 4) is 44.9 Å². The molecule has 9 rings (SSSR count). The predicted octanol–water partition coefficient (Wildman–Crippen LogP) is 13.2. The Morgan fingerprint density at radius 3 is 1.93 bits per heavy atom. The molecule has 59 heavy (non-hydrogen) atoms. The van der Waals surface area contributed by atoms with Crippen molar-refractivity contribution in [2.75, 3.05) is 5.73 Å². The van der Waals surface area contributed by atoms with Gasteiger partial charge in [-0.15, -0.1) is 0 Å². The fourth-order valence-corrected chi connectivity index (χ4v) is 7.55. The molecular formula is C54H40N4O. The zero-order chi connectivity index (χ0) is 40.0. The van der Waals surface area contributed by atoms with Crippen LogP contribution in [-0.2, 0) is 6.42 Å². The monoisotopic (exact) mass is 760 g/mol. The summed E-state index contributed by atoms with van der Waals surface area (Å²) in [7, 11) is 0. The van der Waals surface area contributed by atoms with Crippen LogP contribution in [0.15, 0.2) is 221 Å². The van der Waals surface area contributed by atoms with E-state index in [1.54, 1.807) is 6.21 Å². The maximum atomic E-state index is 8.86. The number of para-hydroxylation sites is 1. The molecule has 5 heteroatoms. The van der Waals surface area contributed by atoms with E-state index < -0.39 is 0 Å². The quantitative estimate of drug-likeness (QED) is 0.0872. The molecule has 0 saturated carbocycles. The third-order valence-electron chi connectivity index (χ3n) is 10.5. The van der Waals surface area contributed by atoms with Gasteiger partial charge in [-0.3, -0.25) is 5.41 Å². The summed E-state index contributed by atoms with van der Waals surface area (Å²) in [4.78, 5) is 9.69. The summed E-state index contributed by atoms with van der Waals surface area (Å²) >= 11 is 0. The van der Waals surface area contributed by atoms with Crippen molar-refractivity contribution in [2.45, 2.75) is 6.42 Å². The molecule has 0 saturated heterocycles. The first-order valence-electron chi connectivity index (χ1n) is 19.6. The fraction of sp³-hybridized carbons (Fsp3) is 0.0185. The smallest absolute Gasteiger partial charge is 0.161 e. The van der Waals surface area contributed by atoms with Crippen LogP contribution in [0.5, 0.6) is 0 Å². The Labute approximate surface area is 344 Å². The second kappa shape index (κ2) is 16.7. The molecule has 0 aliphatic heterocycles. The van der Waals surface area contributed by atoms with Crippen LogP contribution >= 0.6 is 0 Å². The zero-order valence-electron chi connectivity index (χ0n) is 32.3. The molecule has 0 bridgehead atoms. The number of anilines is 1. The minimum atomic E-state index is 0.137. The van der Waals surface area contributed by atoms with Gasteiger partial charge in [-0.05, 0) is 56.8 Å². The highest BCUT2D eigenvalue weighted by atomic mass is 16.3. The molecule has 1 heterocycles. The first kappa shape index (κ1) is 36.7. The van der Waals surface area contributed by atoms with E-state index in [1.807, 2.05) is 103 Å². The highest BCUT2D eigenvalue weighted by molar-refractivity contribution is 6.13. The second-order valence-electron chi connectivity index (χ2n) is 14.4. The molecule has 8 aromatic carbocycles. The van der Waals surface area contributed by atoms with E-state index in [4.69, 9.17) is 25.5 Å². The number of aliphatic imine (C=N–C) groups is 2. The Bertz CT molecular complexity index is 2960. The summed E-state index contributed by atoms with van der Waals surface area (Å²) < 4.78 is 7.05. The van der Waals surface area contributed by atoms with Crippen LogP contribution in [0.3, 0.4) is 0 Å². The van der Waals surface area contributed by atoms with Gasteiger partial charge in [-0.1, -0.05) is 188 Å². The number of hydrogen-bond acceptors (Lipinski definition) is 3. The van der Waals surface area contributed by atoms with Crippen LogP contribution in [0.4, 0.5) is 5.69 Å². The first-order chi connectivity index (χ1) is 29.1. The van der Waals surface area contributed by atoms with Crippen molar-refractivity contribution in [1.82, 2.24) is 0 Å². The number of hydrogen-bond donors (Lipinski definition) is 2. The average molecular weight is 761 g/mol. The molecule has 9 aromatic rings. The Kier molecular flexibility index (Phi) is 10.4. The van der Waals surface area contributed by atoms with Crippen LogP contribution in [-0.4, -0.2) is 17.9 Å². The molecule has 1 aromatic heterocycles. The molecule has 282 valence electrons. The average Bonchev–Trinajstić information content (AvgIpc) is 3.66. The van der Waals surface area contributed by atoms with E-state index in [0.29, 0.717) is 23.5 Å². The van der Waals surface area contributed by atoms with Crippen LogP contribution in [0.25, 0.3) is 55.7 Å². The number of nitrogen functional groups attached to an aromatic ring is 1. The molecule has 0 amide bonds. The van der Waals surface area contributed by atoms with Crippen molar-refractivity contribution in [2.24, 2.45) is 9.98 Å². The topological polar surface area (TPSA) is 87.7 Å². The Morgan fingerprint density at radius 1 is 0.542 bits per heavy atom. The van der Waals surface area contributed by atoms with Crippen molar-refractivity contribution >= 4 is 34.3 Å². The van der Waals surface area contributed by atoms with Gasteiger partial charge < -0.3 is 10.2 Å². The summed E-state index contributed by atoms with van der Waals surface area (Å²) in [5, 5.41) is 11.2. The standard InChI is InChI=1S/C54H40N4O/c55-49-29-13-12-27-47(49)52-48(34-37-16-4-1-5-17-37)50(46-28-15-23-40-20-10-11-26-45(40)46)51(59-52)41-32-30-38(31-33-41)36-57-54(58-53(56)42-21-8-3-9-22-42)44-25-14-24-43(35-44)39-18-6-2-7-19-39/h1-33,35-36,56H,34,55H2. The highest BCUT2D eigenvalue weighted by Crippen LogP contribution is 2.47. The van der Waals surface area contributed by atoms with Gasteiger partial charge in [-0.2, -0.15) is 0 Å². The van der Waals surface area contributed by atoms with Crippen LogP contribution < -0.4 is 5.73 Å². The minimum absolute atomic E-state index is 0.137. The lowest BCUT2D eigenvalue weighted by molar-refractivity contribution is 0.595. The summed E-state index contributed by atoms with van der Waals surface area (Å²) in [6.07, 6.45) is 2.46. The third-order valence-corrected chi connectivity index (χ3v) is 10.5. The summed E-state index contributed by atoms with van der Waals surface area (Å²) in [6.45, 7) is 0. The van der Waals surface area contributed by atoms with Crippen LogP contribution in [0.1, 0.15) is 27.8 Å². The van der Waals surface area contributed by atoms with Crippen LogP contribution in [0, 0.1) is 5.41 Å². The van der Waals surface area contributed by atoms with E-state index in [-0.39, 0.29) is 5.84 Å². The lowest BCUT2D eigenvalue weighted by Gasteiger charge is -2.12. The normalized spacial score (nSPS) is 11.6. The van der Waals surface area contributed by atoms with Gasteiger partial charge in [0, 0.05) is 51.7 Å². The first-order valence-corrected chi connectivity index (χ1v) is 19.6. The Balaban J connectivity index is 1.15. The molecule has 5 nitrogen and oxygen atoms in total. The van der Waals surface area contributed by atoms with Crippen molar-refractivity contribution < 1.29 is 4.42 Å². The van der Waals surface area contributed by atoms with Gasteiger partial charge >= 0.3 is 0 Å². The van der Waals surface area contributed by atoms with E-state index in [0.717, 1.165) is 72.4 Å². The van der Waals surface area contributed by atoms with Crippen molar-refractivity contribution in [3.05, 3.63) is 234 Å². The van der Waals surface area contributed by atoms with Crippen LogP contribution in [0.2, 0.25) is 0 Å². The number of fused-ring (bicyclic) bond motifs is 1. The largest absolute Gasteiger partial charge is 0.455 e. The lowest BCUT2D eigenvalue weighted by Crippen LogP contribution is -2.05. The molecule has 0 aliphatic carbocycles. The zero-order valence-corrected chi connectivity index (χ0v) is 32.3.